The van der Waals surface area contributed by atoms with E-state index in [1.165, 1.54) is 4.90 Å². The Balaban J connectivity index is 2.32. The van der Waals surface area contributed by atoms with Crippen LogP contribution in [0.2, 0.25) is 0 Å². The molecular weight excluding hydrogens is 390 g/mol. The molecule has 2 unspecified atom stereocenters. The lowest BCUT2D eigenvalue weighted by atomic mass is 9.90. The molecule has 0 aromatic heterocycles. The number of carboxylic acid groups (broad SMARTS) is 1. The molecule has 2 rings (SSSR count). The zero-order chi connectivity index (χ0) is 14.9. The second-order valence-electron chi connectivity index (χ2n) is 5.06. The summed E-state index contributed by atoms with van der Waals surface area (Å²) >= 11 is 6.69. The number of aliphatic carboxylic acids is 1. The summed E-state index contributed by atoms with van der Waals surface area (Å²) in [5, 5.41) is 9.37. The average Bonchev–Trinajstić information content (AvgIpc) is 2.35. The Morgan fingerprint density at radius 2 is 1.85 bits per heavy atom. The highest BCUT2D eigenvalue weighted by molar-refractivity contribution is 9.11. The van der Waals surface area contributed by atoms with E-state index in [-0.39, 0.29) is 11.8 Å². The Morgan fingerprint density at radius 1 is 1.25 bits per heavy atom. The number of piperidine rings is 1. The first-order valence-electron chi connectivity index (χ1n) is 6.40. The largest absolute Gasteiger partial charge is 0.480 e. The van der Waals surface area contributed by atoms with Crippen molar-refractivity contribution in [3.05, 3.63) is 32.7 Å². The highest BCUT2D eigenvalue weighted by Crippen LogP contribution is 2.27. The summed E-state index contributed by atoms with van der Waals surface area (Å²) < 4.78 is 1.57. The van der Waals surface area contributed by atoms with Gasteiger partial charge in [0.2, 0.25) is 0 Å². The number of hydrogen-bond acceptors (Lipinski definition) is 2. The maximum Gasteiger partial charge on any atom is 0.326 e. The van der Waals surface area contributed by atoms with Gasteiger partial charge in [0.05, 0.1) is 0 Å². The molecule has 0 radical (unpaired) electrons. The molecule has 0 spiro atoms. The van der Waals surface area contributed by atoms with Gasteiger partial charge in [-0.3, -0.25) is 4.79 Å². The van der Waals surface area contributed by atoms with Gasteiger partial charge in [-0.1, -0.05) is 38.8 Å². The van der Waals surface area contributed by atoms with Crippen molar-refractivity contribution in [2.75, 3.05) is 6.54 Å². The van der Waals surface area contributed by atoms with Crippen LogP contribution in [0.1, 0.15) is 30.1 Å². The summed E-state index contributed by atoms with van der Waals surface area (Å²) in [4.78, 5) is 25.5. The van der Waals surface area contributed by atoms with Crippen LogP contribution in [0.15, 0.2) is 27.1 Å². The van der Waals surface area contributed by atoms with Crippen molar-refractivity contribution in [3.8, 4) is 0 Å². The first-order chi connectivity index (χ1) is 9.40. The molecule has 0 bridgehead atoms. The van der Waals surface area contributed by atoms with Gasteiger partial charge in [0.15, 0.2) is 0 Å². The van der Waals surface area contributed by atoms with Crippen LogP contribution in [0.25, 0.3) is 0 Å². The van der Waals surface area contributed by atoms with Gasteiger partial charge < -0.3 is 10.0 Å². The van der Waals surface area contributed by atoms with E-state index in [1.807, 2.05) is 13.0 Å². The van der Waals surface area contributed by atoms with Gasteiger partial charge in [-0.2, -0.15) is 0 Å². The van der Waals surface area contributed by atoms with Crippen LogP contribution in [0, 0.1) is 5.92 Å². The Labute approximate surface area is 134 Å². The van der Waals surface area contributed by atoms with Crippen LogP contribution in [0.5, 0.6) is 0 Å². The number of rotatable bonds is 2. The van der Waals surface area contributed by atoms with Gasteiger partial charge in [-0.15, -0.1) is 0 Å². The molecule has 1 aromatic carbocycles. The van der Waals surface area contributed by atoms with E-state index in [2.05, 4.69) is 31.9 Å². The molecule has 1 amide bonds. The van der Waals surface area contributed by atoms with Gasteiger partial charge in [-0.25, -0.2) is 4.79 Å². The normalized spacial score (nSPS) is 22.6. The van der Waals surface area contributed by atoms with E-state index in [4.69, 9.17) is 0 Å². The lowest BCUT2D eigenvalue weighted by molar-refractivity contribution is -0.145. The molecule has 1 saturated heterocycles. The molecule has 20 heavy (non-hydrogen) atoms. The molecule has 108 valence electrons. The molecule has 0 aliphatic carbocycles. The number of nitrogens with zero attached hydrogens (tertiary/aromatic N) is 1. The van der Waals surface area contributed by atoms with E-state index in [0.29, 0.717) is 12.1 Å². The first kappa shape index (κ1) is 15.5. The van der Waals surface area contributed by atoms with Crippen LogP contribution in [-0.2, 0) is 4.79 Å². The third kappa shape index (κ3) is 3.23. The number of amides is 1. The summed E-state index contributed by atoms with van der Waals surface area (Å²) in [6.45, 7) is 2.37. The zero-order valence-electron chi connectivity index (χ0n) is 11.0. The number of hydrogen-bond donors (Lipinski definition) is 1. The van der Waals surface area contributed by atoms with Crippen LogP contribution in [0.4, 0.5) is 0 Å². The van der Waals surface area contributed by atoms with Crippen molar-refractivity contribution in [2.24, 2.45) is 5.92 Å². The molecule has 1 heterocycles. The minimum Gasteiger partial charge on any atom is -0.480 e. The summed E-state index contributed by atoms with van der Waals surface area (Å²) in [5.74, 6) is -1.19. The smallest absolute Gasteiger partial charge is 0.326 e. The standard InChI is InChI=1S/C14H15Br2NO3/c1-8-3-2-4-17(12(8)14(19)20)13(18)9-5-10(15)7-11(16)6-9/h5-8,12H,2-4H2,1H3,(H,19,20). The zero-order valence-corrected chi connectivity index (χ0v) is 14.1. The van der Waals surface area contributed by atoms with E-state index < -0.39 is 12.0 Å². The fraction of sp³-hybridized carbons (Fsp3) is 0.429. The van der Waals surface area contributed by atoms with E-state index in [0.717, 1.165) is 21.8 Å². The highest BCUT2D eigenvalue weighted by Gasteiger charge is 2.37. The van der Waals surface area contributed by atoms with Crippen LogP contribution < -0.4 is 0 Å². The predicted octanol–water partition coefficient (Wildman–Crippen LogP) is 3.54. The van der Waals surface area contributed by atoms with Crippen molar-refractivity contribution in [3.63, 3.8) is 0 Å². The minimum atomic E-state index is -0.931. The maximum absolute atomic E-state index is 12.6. The maximum atomic E-state index is 12.6. The van der Waals surface area contributed by atoms with Gasteiger partial charge in [-0.05, 0) is 37.0 Å². The number of carbonyl (C=O) groups is 2. The average molecular weight is 405 g/mol. The second kappa shape index (κ2) is 6.26. The highest BCUT2D eigenvalue weighted by atomic mass is 79.9. The topological polar surface area (TPSA) is 57.6 Å². The molecule has 0 saturated carbocycles. The molecule has 1 fully saturated rings. The number of benzene rings is 1. The SMILES string of the molecule is CC1CCCN(C(=O)c2cc(Br)cc(Br)c2)C1C(=O)O. The molecule has 1 N–H and O–H groups in total. The third-order valence-corrected chi connectivity index (χ3v) is 4.47. The van der Waals surface area contributed by atoms with Gasteiger partial charge >= 0.3 is 5.97 Å². The summed E-state index contributed by atoms with van der Waals surface area (Å²) in [5.41, 5.74) is 0.492. The Bertz CT molecular complexity index is 527. The Morgan fingerprint density at radius 3 is 2.40 bits per heavy atom. The summed E-state index contributed by atoms with van der Waals surface area (Å²) in [6, 6.07) is 4.52. The van der Waals surface area contributed by atoms with Crippen molar-refractivity contribution in [2.45, 2.75) is 25.8 Å². The molecular formula is C14H15Br2NO3. The van der Waals surface area contributed by atoms with E-state index in [9.17, 15) is 14.7 Å². The van der Waals surface area contributed by atoms with Crippen molar-refractivity contribution in [1.29, 1.82) is 0 Å². The molecule has 4 nitrogen and oxygen atoms in total. The van der Waals surface area contributed by atoms with Gasteiger partial charge in [0.1, 0.15) is 6.04 Å². The molecule has 2 atom stereocenters. The Kier molecular flexibility index (Phi) is 4.86. The molecule has 1 aliphatic heterocycles. The fourth-order valence-corrected chi connectivity index (χ4v) is 3.93. The molecule has 1 aliphatic rings. The molecule has 1 aromatic rings. The van der Waals surface area contributed by atoms with Gasteiger partial charge in [0.25, 0.3) is 5.91 Å². The summed E-state index contributed by atoms with van der Waals surface area (Å²) in [6.07, 6.45) is 1.68. The number of likely N-dealkylation sites (tertiary alicyclic amines) is 1. The predicted molar refractivity (Wildman–Crippen MR) is 82.7 cm³/mol. The van der Waals surface area contributed by atoms with Crippen molar-refractivity contribution >= 4 is 43.7 Å². The quantitative estimate of drug-likeness (QED) is 0.820. The third-order valence-electron chi connectivity index (χ3n) is 3.56. The lowest BCUT2D eigenvalue weighted by Crippen LogP contribution is -2.51. The first-order valence-corrected chi connectivity index (χ1v) is 7.98. The number of halogens is 2. The van der Waals surface area contributed by atoms with Crippen molar-refractivity contribution in [1.82, 2.24) is 4.90 Å². The van der Waals surface area contributed by atoms with Crippen molar-refractivity contribution < 1.29 is 14.7 Å². The van der Waals surface area contributed by atoms with Crippen LogP contribution in [0.3, 0.4) is 0 Å². The monoisotopic (exact) mass is 403 g/mol. The number of carboxylic acids is 1. The summed E-state index contributed by atoms with van der Waals surface area (Å²) in [7, 11) is 0. The second-order valence-corrected chi connectivity index (χ2v) is 6.89. The molecule has 6 heteroatoms. The van der Waals surface area contributed by atoms with Crippen LogP contribution >= 0.6 is 31.9 Å². The Hall–Kier alpha value is -0.880. The van der Waals surface area contributed by atoms with Gasteiger partial charge in [0, 0.05) is 21.1 Å². The minimum absolute atomic E-state index is 0.0270. The number of carbonyl (C=O) groups excluding carboxylic acids is 1. The lowest BCUT2D eigenvalue weighted by Gasteiger charge is -2.37. The fourth-order valence-electron chi connectivity index (χ4n) is 2.64. The van der Waals surface area contributed by atoms with E-state index >= 15 is 0 Å². The van der Waals surface area contributed by atoms with E-state index in [1.54, 1.807) is 12.1 Å². The van der Waals surface area contributed by atoms with Crippen LogP contribution in [-0.4, -0.2) is 34.5 Å².